The number of hydrogen-bond acceptors (Lipinski definition) is 8. The lowest BCUT2D eigenvalue weighted by atomic mass is 9.91. The summed E-state index contributed by atoms with van der Waals surface area (Å²) >= 11 is 2.44. The molecule has 1 saturated carbocycles. The summed E-state index contributed by atoms with van der Waals surface area (Å²) in [5.41, 5.74) is 5.44. The van der Waals surface area contributed by atoms with Crippen LogP contribution in [0.4, 0.5) is 5.13 Å². The molecule has 1 fully saturated rings. The number of nitro groups is 1. The number of nitrogens with zero attached hydrogens (tertiary/aromatic N) is 3. The van der Waals surface area contributed by atoms with Crippen LogP contribution in [0.2, 0.25) is 0 Å². The molecule has 1 aromatic heterocycles. The Morgan fingerprint density at radius 3 is 2.90 bits per heavy atom. The zero-order chi connectivity index (χ0) is 14.5. The summed E-state index contributed by atoms with van der Waals surface area (Å²) in [5.74, 6) is -0.0576. The Bertz CT molecular complexity index is 495. The lowest BCUT2D eigenvalue weighted by molar-refractivity contribution is -0.529. The van der Waals surface area contributed by atoms with Gasteiger partial charge in [0, 0.05) is 11.3 Å². The molecule has 0 aliphatic heterocycles. The summed E-state index contributed by atoms with van der Waals surface area (Å²) in [6.45, 7) is 0. The van der Waals surface area contributed by atoms with E-state index in [9.17, 15) is 14.9 Å². The van der Waals surface area contributed by atoms with Gasteiger partial charge >= 0.3 is 0 Å². The van der Waals surface area contributed by atoms with Crippen LogP contribution >= 0.6 is 23.1 Å². The highest BCUT2D eigenvalue weighted by atomic mass is 32.2. The van der Waals surface area contributed by atoms with Gasteiger partial charge in [0.25, 0.3) is 0 Å². The molecule has 110 valence electrons. The number of nitrogen functional groups attached to an aromatic ring is 1. The van der Waals surface area contributed by atoms with Crippen molar-refractivity contribution in [2.24, 2.45) is 0 Å². The number of anilines is 1. The molecule has 0 radical (unpaired) electrons. The molecule has 1 aliphatic carbocycles. The van der Waals surface area contributed by atoms with Crippen LogP contribution in [0, 0.1) is 10.1 Å². The van der Waals surface area contributed by atoms with Crippen LogP contribution in [-0.4, -0.2) is 38.9 Å². The summed E-state index contributed by atoms with van der Waals surface area (Å²) in [5, 5.41) is 21.5. The van der Waals surface area contributed by atoms with Crippen LogP contribution in [-0.2, 0) is 4.79 Å². The van der Waals surface area contributed by atoms with Gasteiger partial charge in [-0.2, -0.15) is 0 Å². The molecule has 3 N–H and O–H groups in total. The molecular weight excluding hydrogens is 302 g/mol. The second-order valence-electron chi connectivity index (χ2n) is 4.51. The lowest BCUT2D eigenvalue weighted by Crippen LogP contribution is -2.49. The van der Waals surface area contributed by atoms with E-state index in [0.717, 1.165) is 12.8 Å². The summed E-state index contributed by atoms with van der Waals surface area (Å²) in [4.78, 5) is 22.5. The predicted octanol–water partition coefficient (Wildman–Crippen LogP) is 0.916. The first-order chi connectivity index (χ1) is 9.56. The Kier molecular flexibility index (Phi) is 5.12. The van der Waals surface area contributed by atoms with Gasteiger partial charge in [0.15, 0.2) is 4.34 Å². The Morgan fingerprint density at radius 2 is 2.25 bits per heavy atom. The van der Waals surface area contributed by atoms with Gasteiger partial charge in [0.2, 0.25) is 17.1 Å². The standard InChI is InChI=1S/C10H15N5O3S2/c11-9-13-14-10(20-9)19-5-8(16)12-6-3-1-2-4-7(6)15(17)18/h6-7H,1-5H2,(H2,11,13)(H,12,16). The van der Waals surface area contributed by atoms with Crippen molar-refractivity contribution < 1.29 is 9.72 Å². The number of amides is 1. The van der Waals surface area contributed by atoms with Gasteiger partial charge in [-0.15, -0.1) is 10.2 Å². The van der Waals surface area contributed by atoms with Gasteiger partial charge in [-0.25, -0.2) is 0 Å². The lowest BCUT2D eigenvalue weighted by Gasteiger charge is -2.26. The first-order valence-electron chi connectivity index (χ1n) is 6.21. The number of carbonyl (C=O) groups is 1. The maximum Gasteiger partial charge on any atom is 0.232 e. The maximum atomic E-state index is 11.8. The third-order valence-electron chi connectivity index (χ3n) is 3.10. The van der Waals surface area contributed by atoms with Crippen molar-refractivity contribution in [3.05, 3.63) is 10.1 Å². The number of aromatic nitrogens is 2. The van der Waals surface area contributed by atoms with E-state index < -0.39 is 6.04 Å². The quantitative estimate of drug-likeness (QED) is 0.470. The van der Waals surface area contributed by atoms with E-state index in [1.165, 1.54) is 23.1 Å². The largest absolute Gasteiger partial charge is 0.374 e. The molecule has 0 bridgehead atoms. The van der Waals surface area contributed by atoms with Crippen molar-refractivity contribution in [2.75, 3.05) is 11.5 Å². The van der Waals surface area contributed by atoms with Crippen LogP contribution < -0.4 is 11.1 Å². The second-order valence-corrected chi connectivity index (χ2v) is 6.74. The van der Waals surface area contributed by atoms with Gasteiger partial charge in [0.1, 0.15) is 0 Å². The van der Waals surface area contributed by atoms with E-state index in [-0.39, 0.29) is 22.6 Å². The Balaban J connectivity index is 1.82. The van der Waals surface area contributed by atoms with Gasteiger partial charge in [-0.1, -0.05) is 29.5 Å². The molecule has 2 rings (SSSR count). The van der Waals surface area contributed by atoms with Crippen LogP contribution in [0.15, 0.2) is 4.34 Å². The summed E-state index contributed by atoms with van der Waals surface area (Å²) in [6.07, 6.45) is 2.94. The molecule has 1 heterocycles. The molecule has 20 heavy (non-hydrogen) atoms. The van der Waals surface area contributed by atoms with Crippen LogP contribution in [0.1, 0.15) is 25.7 Å². The van der Waals surface area contributed by atoms with Crippen molar-refractivity contribution in [1.29, 1.82) is 0 Å². The fourth-order valence-corrected chi connectivity index (χ4v) is 3.63. The molecule has 1 aliphatic rings. The topological polar surface area (TPSA) is 124 Å². The Labute approximate surface area is 123 Å². The molecule has 8 nitrogen and oxygen atoms in total. The fourth-order valence-electron chi connectivity index (χ4n) is 2.19. The molecule has 1 aromatic rings. The molecule has 0 aromatic carbocycles. The minimum absolute atomic E-state index is 0.162. The van der Waals surface area contributed by atoms with Crippen molar-refractivity contribution in [3.63, 3.8) is 0 Å². The van der Waals surface area contributed by atoms with E-state index in [1.807, 2.05) is 0 Å². The van der Waals surface area contributed by atoms with Gasteiger partial charge in [0.05, 0.1) is 11.8 Å². The fraction of sp³-hybridized carbons (Fsp3) is 0.700. The average Bonchev–Trinajstić information content (AvgIpc) is 2.83. The number of nitrogens with two attached hydrogens (primary N) is 1. The third kappa shape index (κ3) is 4.04. The normalized spacial score (nSPS) is 22.4. The van der Waals surface area contributed by atoms with Crippen LogP contribution in [0.25, 0.3) is 0 Å². The van der Waals surface area contributed by atoms with Gasteiger partial charge in [-0.3, -0.25) is 14.9 Å². The highest BCUT2D eigenvalue weighted by Crippen LogP contribution is 2.24. The van der Waals surface area contributed by atoms with E-state index in [1.54, 1.807) is 0 Å². The number of rotatable bonds is 5. The first-order valence-corrected chi connectivity index (χ1v) is 8.01. The number of thioether (sulfide) groups is 1. The van der Waals surface area contributed by atoms with Gasteiger partial charge in [-0.05, 0) is 12.8 Å². The van der Waals surface area contributed by atoms with Crippen LogP contribution in [0.5, 0.6) is 0 Å². The average molecular weight is 317 g/mol. The molecule has 10 heteroatoms. The summed E-state index contributed by atoms with van der Waals surface area (Å²) < 4.78 is 0.618. The summed E-state index contributed by atoms with van der Waals surface area (Å²) in [6, 6.07) is -1.04. The monoisotopic (exact) mass is 317 g/mol. The number of carbonyl (C=O) groups excluding carboxylic acids is 1. The van der Waals surface area contributed by atoms with Crippen molar-refractivity contribution in [1.82, 2.24) is 15.5 Å². The second kappa shape index (κ2) is 6.84. The molecule has 2 atom stereocenters. The summed E-state index contributed by atoms with van der Waals surface area (Å²) in [7, 11) is 0. The van der Waals surface area contributed by atoms with E-state index in [4.69, 9.17) is 5.73 Å². The number of hydrogen-bond donors (Lipinski definition) is 2. The zero-order valence-electron chi connectivity index (χ0n) is 10.7. The van der Waals surface area contributed by atoms with E-state index in [2.05, 4.69) is 15.5 Å². The Hall–Kier alpha value is -1.42. The zero-order valence-corrected chi connectivity index (χ0v) is 12.3. The van der Waals surface area contributed by atoms with Crippen molar-refractivity contribution in [3.8, 4) is 0 Å². The highest BCUT2D eigenvalue weighted by molar-refractivity contribution is 8.01. The molecular formula is C10H15N5O3S2. The van der Waals surface area contributed by atoms with E-state index in [0.29, 0.717) is 22.3 Å². The number of nitrogens with one attached hydrogen (secondary N) is 1. The third-order valence-corrected chi connectivity index (χ3v) is 4.98. The van der Waals surface area contributed by atoms with Crippen molar-refractivity contribution >= 4 is 34.1 Å². The minimum Gasteiger partial charge on any atom is -0.374 e. The minimum atomic E-state index is -0.671. The maximum absolute atomic E-state index is 11.8. The first kappa shape index (κ1) is 15.0. The Morgan fingerprint density at radius 1 is 1.50 bits per heavy atom. The smallest absolute Gasteiger partial charge is 0.232 e. The van der Waals surface area contributed by atoms with E-state index >= 15 is 0 Å². The molecule has 0 spiro atoms. The predicted molar refractivity (Wildman–Crippen MR) is 76.2 cm³/mol. The SMILES string of the molecule is Nc1nnc(SCC(=O)NC2CCCCC2[N+](=O)[O-])s1. The molecule has 2 unspecified atom stereocenters. The van der Waals surface area contributed by atoms with Crippen molar-refractivity contribution in [2.45, 2.75) is 42.1 Å². The molecule has 0 saturated heterocycles. The van der Waals surface area contributed by atoms with Gasteiger partial charge < -0.3 is 11.1 Å². The molecule has 1 amide bonds. The van der Waals surface area contributed by atoms with Crippen LogP contribution in [0.3, 0.4) is 0 Å². The highest BCUT2D eigenvalue weighted by Gasteiger charge is 2.34.